The van der Waals surface area contributed by atoms with E-state index in [1.165, 1.54) is 0 Å². The van der Waals surface area contributed by atoms with Crippen LogP contribution in [0.3, 0.4) is 0 Å². The van der Waals surface area contributed by atoms with Crippen LogP contribution in [0.4, 0.5) is 0 Å². The first-order valence-electron chi connectivity index (χ1n) is 7.67. The van der Waals surface area contributed by atoms with Crippen LogP contribution in [0.1, 0.15) is 40.5 Å². The fraction of sp³-hybridized carbons (Fsp3) is 1.00. The predicted octanol–water partition coefficient (Wildman–Crippen LogP) is 1.63. The first-order chi connectivity index (χ1) is 8.93. The smallest absolute Gasteiger partial charge is 0.0700 e. The molecule has 0 aromatic carbocycles. The van der Waals surface area contributed by atoms with Crippen LogP contribution in [0.2, 0.25) is 0 Å². The zero-order valence-electron chi connectivity index (χ0n) is 12.9. The van der Waals surface area contributed by atoms with Gasteiger partial charge in [0.15, 0.2) is 0 Å². The van der Waals surface area contributed by atoms with Crippen molar-refractivity contribution in [3.8, 4) is 0 Å². The number of morpholine rings is 1. The fourth-order valence-corrected chi connectivity index (χ4v) is 3.35. The molecule has 3 atom stereocenters. The Morgan fingerprint density at radius 1 is 1.37 bits per heavy atom. The van der Waals surface area contributed by atoms with Crippen molar-refractivity contribution in [1.82, 2.24) is 4.90 Å². The second-order valence-corrected chi connectivity index (χ2v) is 6.66. The lowest BCUT2D eigenvalue weighted by atomic mass is 9.54. The molecule has 0 amide bonds. The monoisotopic (exact) mass is 270 g/mol. The molecule has 0 spiro atoms. The van der Waals surface area contributed by atoms with Crippen LogP contribution in [0.15, 0.2) is 0 Å². The Kier molecular flexibility index (Phi) is 4.56. The summed E-state index contributed by atoms with van der Waals surface area (Å²) in [6.07, 6.45) is 2.75. The van der Waals surface area contributed by atoms with Crippen molar-refractivity contribution in [2.24, 2.45) is 11.1 Å². The van der Waals surface area contributed by atoms with Gasteiger partial charge >= 0.3 is 0 Å². The molecule has 0 aromatic rings. The SMILES string of the molecule is CCOC1CC(N)(CN2CCOC(CC)C2)C1(C)C. The van der Waals surface area contributed by atoms with Crippen LogP contribution in [0, 0.1) is 5.41 Å². The van der Waals surface area contributed by atoms with Gasteiger partial charge in [0.05, 0.1) is 18.8 Å². The van der Waals surface area contributed by atoms with E-state index >= 15 is 0 Å². The van der Waals surface area contributed by atoms with Crippen LogP contribution in [-0.2, 0) is 9.47 Å². The van der Waals surface area contributed by atoms with Crippen molar-refractivity contribution in [3.05, 3.63) is 0 Å². The Labute approximate surface area is 117 Å². The van der Waals surface area contributed by atoms with E-state index in [1.807, 2.05) is 0 Å². The summed E-state index contributed by atoms with van der Waals surface area (Å²) in [5, 5.41) is 0. The molecule has 1 aliphatic carbocycles. The van der Waals surface area contributed by atoms with Gasteiger partial charge in [-0.3, -0.25) is 4.90 Å². The molecule has 2 rings (SSSR count). The summed E-state index contributed by atoms with van der Waals surface area (Å²) in [4.78, 5) is 2.47. The van der Waals surface area contributed by atoms with Gasteiger partial charge in [-0.2, -0.15) is 0 Å². The summed E-state index contributed by atoms with van der Waals surface area (Å²) in [5.41, 5.74) is 6.59. The Morgan fingerprint density at radius 3 is 2.68 bits per heavy atom. The van der Waals surface area contributed by atoms with Crippen molar-refractivity contribution < 1.29 is 9.47 Å². The number of ether oxygens (including phenoxy) is 2. The quantitative estimate of drug-likeness (QED) is 0.825. The highest BCUT2D eigenvalue weighted by molar-refractivity contribution is 5.14. The molecule has 1 saturated carbocycles. The van der Waals surface area contributed by atoms with Gasteiger partial charge in [-0.1, -0.05) is 20.8 Å². The molecule has 2 fully saturated rings. The van der Waals surface area contributed by atoms with Gasteiger partial charge in [0.25, 0.3) is 0 Å². The van der Waals surface area contributed by atoms with E-state index in [1.54, 1.807) is 0 Å². The highest BCUT2D eigenvalue weighted by atomic mass is 16.5. The van der Waals surface area contributed by atoms with Crippen molar-refractivity contribution >= 4 is 0 Å². The molecule has 1 heterocycles. The molecule has 0 bridgehead atoms. The molecule has 0 aromatic heterocycles. The molecular formula is C15H30N2O2. The summed E-state index contributed by atoms with van der Waals surface area (Å²) >= 11 is 0. The average molecular weight is 270 g/mol. The van der Waals surface area contributed by atoms with E-state index in [0.29, 0.717) is 12.2 Å². The predicted molar refractivity (Wildman–Crippen MR) is 77.2 cm³/mol. The fourth-order valence-electron chi connectivity index (χ4n) is 3.35. The molecular weight excluding hydrogens is 240 g/mol. The average Bonchev–Trinajstić information content (AvgIpc) is 2.38. The van der Waals surface area contributed by atoms with Gasteiger partial charge < -0.3 is 15.2 Å². The number of nitrogens with zero attached hydrogens (tertiary/aromatic N) is 1. The molecule has 1 aliphatic heterocycles. The minimum Gasteiger partial charge on any atom is -0.378 e. The molecule has 1 saturated heterocycles. The van der Waals surface area contributed by atoms with E-state index in [-0.39, 0.29) is 11.0 Å². The lowest BCUT2D eigenvalue weighted by Gasteiger charge is -2.60. The first-order valence-corrected chi connectivity index (χ1v) is 7.67. The van der Waals surface area contributed by atoms with Crippen molar-refractivity contribution in [2.45, 2.75) is 58.3 Å². The highest BCUT2D eigenvalue weighted by Crippen LogP contribution is 2.50. The van der Waals surface area contributed by atoms with Crippen LogP contribution < -0.4 is 5.73 Å². The molecule has 19 heavy (non-hydrogen) atoms. The first kappa shape index (κ1) is 15.2. The molecule has 4 heteroatoms. The lowest BCUT2D eigenvalue weighted by Crippen LogP contribution is -2.74. The Balaban J connectivity index is 1.92. The second-order valence-electron chi connectivity index (χ2n) is 6.66. The lowest BCUT2D eigenvalue weighted by molar-refractivity contribution is -0.162. The summed E-state index contributed by atoms with van der Waals surface area (Å²) in [6.45, 7) is 13.3. The minimum atomic E-state index is -0.123. The zero-order chi connectivity index (χ0) is 14.1. The molecule has 0 radical (unpaired) electrons. The van der Waals surface area contributed by atoms with Gasteiger partial charge in [-0.05, 0) is 19.8 Å². The number of hydrogen-bond donors (Lipinski definition) is 1. The van der Waals surface area contributed by atoms with E-state index in [2.05, 4.69) is 32.6 Å². The van der Waals surface area contributed by atoms with Crippen LogP contribution in [-0.4, -0.2) is 55.5 Å². The largest absolute Gasteiger partial charge is 0.378 e. The van der Waals surface area contributed by atoms with Gasteiger partial charge in [-0.25, -0.2) is 0 Å². The maximum atomic E-state index is 6.66. The Bertz CT molecular complexity index is 309. The molecule has 3 unspecified atom stereocenters. The third kappa shape index (κ3) is 2.82. The zero-order valence-corrected chi connectivity index (χ0v) is 12.9. The third-order valence-electron chi connectivity index (χ3n) is 5.19. The Morgan fingerprint density at radius 2 is 2.11 bits per heavy atom. The Hall–Kier alpha value is -0.160. The molecule has 4 nitrogen and oxygen atoms in total. The maximum absolute atomic E-state index is 6.66. The molecule has 2 N–H and O–H groups in total. The minimum absolute atomic E-state index is 0.0586. The van der Waals surface area contributed by atoms with Gasteiger partial charge in [-0.15, -0.1) is 0 Å². The third-order valence-corrected chi connectivity index (χ3v) is 5.19. The van der Waals surface area contributed by atoms with Gasteiger partial charge in [0, 0.05) is 37.2 Å². The second kappa shape index (κ2) is 5.68. The number of hydrogen-bond acceptors (Lipinski definition) is 4. The topological polar surface area (TPSA) is 47.7 Å². The van der Waals surface area contributed by atoms with Crippen molar-refractivity contribution in [1.29, 1.82) is 0 Å². The van der Waals surface area contributed by atoms with Crippen molar-refractivity contribution in [3.63, 3.8) is 0 Å². The standard InChI is InChI=1S/C15H30N2O2/c1-5-12-10-17(7-8-19-12)11-15(16)9-13(18-6-2)14(15,3)4/h12-13H,5-11,16H2,1-4H3. The van der Waals surface area contributed by atoms with Gasteiger partial charge in [0.1, 0.15) is 0 Å². The molecule has 2 aliphatic rings. The normalized spacial score (nSPS) is 39.0. The highest BCUT2D eigenvalue weighted by Gasteiger charge is 2.58. The van der Waals surface area contributed by atoms with Gasteiger partial charge in [0.2, 0.25) is 0 Å². The summed E-state index contributed by atoms with van der Waals surface area (Å²) < 4.78 is 11.5. The van der Waals surface area contributed by atoms with Crippen LogP contribution in [0.25, 0.3) is 0 Å². The molecule has 112 valence electrons. The number of rotatable bonds is 5. The van der Waals surface area contributed by atoms with Crippen molar-refractivity contribution in [2.75, 3.05) is 32.8 Å². The van der Waals surface area contributed by atoms with E-state index < -0.39 is 0 Å². The van der Waals surface area contributed by atoms with Crippen LogP contribution in [0.5, 0.6) is 0 Å². The summed E-state index contributed by atoms with van der Waals surface area (Å²) in [5.74, 6) is 0. The maximum Gasteiger partial charge on any atom is 0.0700 e. The van der Waals surface area contributed by atoms with E-state index in [4.69, 9.17) is 15.2 Å². The van der Waals surface area contributed by atoms with E-state index in [0.717, 1.165) is 45.7 Å². The summed E-state index contributed by atoms with van der Waals surface area (Å²) in [7, 11) is 0. The van der Waals surface area contributed by atoms with E-state index in [9.17, 15) is 0 Å². The van der Waals surface area contributed by atoms with Crippen LogP contribution >= 0.6 is 0 Å². The summed E-state index contributed by atoms with van der Waals surface area (Å²) in [6, 6.07) is 0. The number of nitrogens with two attached hydrogens (primary N) is 1.